The largest absolute Gasteiger partial charge is 0.394 e. The number of hydrogen-bond acceptors (Lipinski definition) is 6. The Morgan fingerprint density at radius 1 is 1.27 bits per heavy atom. The van der Waals surface area contributed by atoms with E-state index in [0.29, 0.717) is 31.0 Å². The Morgan fingerprint density at radius 3 is 2.85 bits per heavy atom. The fourth-order valence-corrected chi connectivity index (χ4v) is 3.73. The lowest BCUT2D eigenvalue weighted by molar-refractivity contribution is 0.102. The third kappa shape index (κ3) is 4.53. The minimum Gasteiger partial charge on any atom is -0.394 e. The molecule has 1 aromatic carbocycles. The number of carbonyl (C=O) groups is 2. The van der Waals surface area contributed by atoms with Crippen molar-refractivity contribution >= 4 is 17.8 Å². The summed E-state index contributed by atoms with van der Waals surface area (Å²) in [7, 11) is 1.55. The Kier molecular flexibility index (Phi) is 6.31. The molecule has 3 aromatic rings. The van der Waals surface area contributed by atoms with E-state index < -0.39 is 11.7 Å². The molecule has 1 atom stereocenters. The fraction of sp³-hybridized carbons (Fsp3) is 0.318. The Hall–Kier alpha value is -3.86. The van der Waals surface area contributed by atoms with Gasteiger partial charge in [0.05, 0.1) is 18.2 Å². The van der Waals surface area contributed by atoms with Gasteiger partial charge in [0.25, 0.3) is 5.91 Å². The van der Waals surface area contributed by atoms with Crippen molar-refractivity contribution in [1.29, 1.82) is 0 Å². The zero-order valence-corrected chi connectivity index (χ0v) is 18.2. The molecule has 172 valence electrons. The number of nitrogens with one attached hydrogen (secondary N) is 2. The number of aliphatic hydroxyl groups excluding tert-OH is 1. The lowest BCUT2D eigenvalue weighted by atomic mass is 9.96. The number of benzene rings is 1. The molecule has 10 nitrogen and oxygen atoms in total. The molecule has 33 heavy (non-hydrogen) atoms. The molecule has 0 aliphatic carbocycles. The molecule has 0 saturated carbocycles. The summed E-state index contributed by atoms with van der Waals surface area (Å²) in [6.07, 6.45) is 2.01. The van der Waals surface area contributed by atoms with Gasteiger partial charge >= 0.3 is 6.03 Å². The highest BCUT2D eigenvalue weighted by Gasteiger charge is 2.24. The minimum absolute atomic E-state index is 0.101. The second kappa shape index (κ2) is 9.33. The molecule has 11 heteroatoms. The molecule has 0 bridgehead atoms. The van der Waals surface area contributed by atoms with Crippen molar-refractivity contribution in [2.24, 2.45) is 0 Å². The SMILES string of the molecule is CNC(=O)N1CCc2cc(F)c(C(=O)Nc3cccc(-c4nncn4[C@H](C)CO)n3)cc2C1. The number of pyridine rings is 1. The average Bonchev–Trinajstić information content (AvgIpc) is 3.32. The highest BCUT2D eigenvalue weighted by Crippen LogP contribution is 2.24. The molecule has 3 N–H and O–H groups in total. The number of aromatic nitrogens is 4. The third-order valence-corrected chi connectivity index (χ3v) is 5.58. The molecule has 4 rings (SSSR count). The van der Waals surface area contributed by atoms with Crippen molar-refractivity contribution in [3.8, 4) is 11.5 Å². The van der Waals surface area contributed by atoms with E-state index in [1.54, 1.807) is 34.7 Å². The highest BCUT2D eigenvalue weighted by atomic mass is 19.1. The lowest BCUT2D eigenvalue weighted by Gasteiger charge is -2.28. The van der Waals surface area contributed by atoms with Crippen molar-refractivity contribution in [2.75, 3.05) is 25.5 Å². The summed E-state index contributed by atoms with van der Waals surface area (Å²) in [5.41, 5.74) is 1.82. The number of nitrogens with zero attached hydrogens (tertiary/aromatic N) is 5. The van der Waals surface area contributed by atoms with Crippen molar-refractivity contribution in [3.63, 3.8) is 0 Å². The molecule has 0 saturated heterocycles. The summed E-state index contributed by atoms with van der Waals surface area (Å²) in [5, 5.41) is 22.6. The zero-order valence-electron chi connectivity index (χ0n) is 18.2. The van der Waals surface area contributed by atoms with Gasteiger partial charge in [-0.15, -0.1) is 10.2 Å². The van der Waals surface area contributed by atoms with Crippen LogP contribution in [0, 0.1) is 5.82 Å². The second-order valence-corrected chi connectivity index (χ2v) is 7.78. The van der Waals surface area contributed by atoms with Crippen molar-refractivity contribution < 1.29 is 19.1 Å². The molecular formula is C22H24FN7O3. The van der Waals surface area contributed by atoms with Crippen molar-refractivity contribution in [1.82, 2.24) is 30.0 Å². The van der Waals surface area contributed by atoms with E-state index >= 15 is 0 Å². The number of aliphatic hydroxyl groups is 1. The lowest BCUT2D eigenvalue weighted by Crippen LogP contribution is -2.41. The third-order valence-electron chi connectivity index (χ3n) is 5.58. The van der Waals surface area contributed by atoms with Gasteiger partial charge in [0.1, 0.15) is 23.7 Å². The maximum Gasteiger partial charge on any atom is 0.317 e. The van der Waals surface area contributed by atoms with Gasteiger partial charge in [-0.25, -0.2) is 14.2 Å². The summed E-state index contributed by atoms with van der Waals surface area (Å²) >= 11 is 0. The van der Waals surface area contributed by atoms with Crippen molar-refractivity contribution in [2.45, 2.75) is 25.9 Å². The highest BCUT2D eigenvalue weighted by molar-refractivity contribution is 6.04. The number of rotatable bonds is 5. The quantitative estimate of drug-likeness (QED) is 0.543. The predicted molar refractivity (Wildman–Crippen MR) is 118 cm³/mol. The number of fused-ring (bicyclic) bond motifs is 1. The van der Waals surface area contributed by atoms with Crippen molar-refractivity contribution in [3.05, 3.63) is 59.2 Å². The summed E-state index contributed by atoms with van der Waals surface area (Å²) in [6.45, 7) is 2.48. The molecule has 2 aromatic heterocycles. The number of halogens is 1. The van der Waals surface area contributed by atoms with Crippen LogP contribution in [-0.2, 0) is 13.0 Å². The number of urea groups is 1. The first-order valence-electron chi connectivity index (χ1n) is 10.5. The van der Waals surface area contributed by atoms with Crippen LogP contribution in [0.2, 0.25) is 0 Å². The Balaban J connectivity index is 1.57. The molecule has 0 spiro atoms. The fourth-order valence-electron chi connectivity index (χ4n) is 3.73. The van der Waals surface area contributed by atoms with Gasteiger partial charge in [-0.2, -0.15) is 0 Å². The van der Waals surface area contributed by atoms with E-state index in [0.717, 1.165) is 11.1 Å². The van der Waals surface area contributed by atoms with Crippen LogP contribution in [0.25, 0.3) is 11.5 Å². The van der Waals surface area contributed by atoms with Crippen LogP contribution in [0.5, 0.6) is 0 Å². The maximum atomic E-state index is 14.7. The summed E-state index contributed by atoms with van der Waals surface area (Å²) in [5.74, 6) is -0.635. The summed E-state index contributed by atoms with van der Waals surface area (Å²) in [4.78, 5) is 30.8. The average molecular weight is 453 g/mol. The summed E-state index contributed by atoms with van der Waals surface area (Å²) in [6, 6.07) is 7.33. The van der Waals surface area contributed by atoms with Crippen LogP contribution in [-0.4, -0.2) is 61.9 Å². The van der Waals surface area contributed by atoms with Gasteiger partial charge in [-0.3, -0.25) is 4.79 Å². The first-order valence-corrected chi connectivity index (χ1v) is 10.5. The van der Waals surface area contributed by atoms with E-state index in [-0.39, 0.29) is 30.1 Å². The second-order valence-electron chi connectivity index (χ2n) is 7.78. The van der Waals surface area contributed by atoms with Gasteiger partial charge in [0, 0.05) is 20.1 Å². The predicted octanol–water partition coefficient (Wildman–Crippen LogP) is 1.98. The smallest absolute Gasteiger partial charge is 0.317 e. The Labute approximate surface area is 189 Å². The molecule has 0 fully saturated rings. The van der Waals surface area contributed by atoms with Crippen LogP contribution in [0.15, 0.2) is 36.7 Å². The molecule has 1 aliphatic rings. The number of amides is 3. The van der Waals surface area contributed by atoms with Gasteiger partial charge < -0.3 is 25.2 Å². The zero-order chi connectivity index (χ0) is 23.5. The number of carbonyl (C=O) groups excluding carboxylic acids is 2. The molecular weight excluding hydrogens is 429 g/mol. The Bertz CT molecular complexity index is 1200. The van der Waals surface area contributed by atoms with Crippen LogP contribution in [0.1, 0.15) is 34.5 Å². The Morgan fingerprint density at radius 2 is 2.09 bits per heavy atom. The van der Waals surface area contributed by atoms with Crippen LogP contribution in [0.4, 0.5) is 15.0 Å². The van der Waals surface area contributed by atoms with E-state index in [2.05, 4.69) is 25.8 Å². The normalized spacial score (nSPS) is 13.9. The summed E-state index contributed by atoms with van der Waals surface area (Å²) < 4.78 is 16.4. The van der Waals surface area contributed by atoms with Gasteiger partial charge in [-0.1, -0.05) is 6.07 Å². The molecule has 1 aliphatic heterocycles. The molecule has 0 radical (unpaired) electrons. The van der Waals surface area contributed by atoms with Gasteiger partial charge in [0.15, 0.2) is 5.82 Å². The van der Waals surface area contributed by atoms with Crippen LogP contribution in [0.3, 0.4) is 0 Å². The molecule has 3 amide bonds. The standard InChI is InChI=1S/C22H24FN7O3/c1-13(11-31)30-12-25-28-20(30)18-4-3-5-19(26-18)27-21(32)16-8-15-10-29(22(33)24-2)7-6-14(15)9-17(16)23/h3-5,8-9,12-13,31H,6-7,10-11H2,1-2H3,(H,24,33)(H,26,27,32)/t13-/m1/s1. The van der Waals surface area contributed by atoms with E-state index in [9.17, 15) is 19.1 Å². The first kappa shape index (κ1) is 22.3. The van der Waals surface area contributed by atoms with E-state index in [4.69, 9.17) is 0 Å². The monoisotopic (exact) mass is 453 g/mol. The number of anilines is 1. The van der Waals surface area contributed by atoms with Crippen LogP contribution >= 0.6 is 0 Å². The van der Waals surface area contributed by atoms with Gasteiger partial charge in [0.2, 0.25) is 0 Å². The topological polar surface area (TPSA) is 125 Å². The maximum absolute atomic E-state index is 14.7. The molecule has 3 heterocycles. The first-order chi connectivity index (χ1) is 15.9. The van der Waals surface area contributed by atoms with E-state index in [1.165, 1.54) is 18.5 Å². The van der Waals surface area contributed by atoms with E-state index in [1.807, 2.05) is 6.92 Å². The molecule has 0 unspecified atom stereocenters. The van der Waals surface area contributed by atoms with Crippen LogP contribution < -0.4 is 10.6 Å². The number of hydrogen-bond donors (Lipinski definition) is 3. The van der Waals surface area contributed by atoms with Gasteiger partial charge in [-0.05, 0) is 48.7 Å². The minimum atomic E-state index is -0.651.